The average molecular weight is 263 g/mol. The predicted molar refractivity (Wildman–Crippen MR) is 67.3 cm³/mol. The largest absolute Gasteiger partial charge is 0.453 e. The van der Waals surface area contributed by atoms with Gasteiger partial charge < -0.3 is 20.2 Å². The number of nitrogens with two attached hydrogens (primary N) is 1. The Morgan fingerprint density at radius 3 is 2.88 bits per heavy atom. The Hall–Kier alpha value is -1.04. The van der Waals surface area contributed by atoms with Gasteiger partial charge in [-0.05, 0) is 31.5 Å². The number of hydrogen-bond donors (Lipinski definition) is 2. The van der Waals surface area contributed by atoms with Gasteiger partial charge in [-0.15, -0.1) is 12.4 Å². The fourth-order valence-electron chi connectivity index (χ4n) is 1.28. The molecule has 0 aromatic carbocycles. The summed E-state index contributed by atoms with van der Waals surface area (Å²) in [5, 5.41) is 2.76. The normalized spacial score (nSPS) is 9.76. The summed E-state index contributed by atoms with van der Waals surface area (Å²) in [6, 6.07) is 3.38. The van der Waals surface area contributed by atoms with E-state index in [9.17, 15) is 4.79 Å². The maximum absolute atomic E-state index is 11.5. The fraction of sp³-hybridized carbons (Fsp3) is 0.545. The summed E-state index contributed by atoms with van der Waals surface area (Å²) < 4.78 is 10.2. The van der Waals surface area contributed by atoms with Crippen LogP contribution in [0.15, 0.2) is 16.5 Å². The standard InChI is InChI=1S/C11H18N2O3.ClH/c1-15-8-9-4-5-10(16-9)11(14)13-7-3-2-6-12;/h4-5H,2-3,6-8,12H2,1H3,(H,13,14);1H. The molecule has 0 radical (unpaired) electrons. The zero-order valence-corrected chi connectivity index (χ0v) is 10.7. The lowest BCUT2D eigenvalue weighted by Gasteiger charge is -2.01. The Balaban J connectivity index is 0.00000256. The number of hydrogen-bond acceptors (Lipinski definition) is 4. The van der Waals surface area contributed by atoms with Gasteiger partial charge >= 0.3 is 0 Å². The van der Waals surface area contributed by atoms with Crippen molar-refractivity contribution < 1.29 is 13.9 Å². The zero-order chi connectivity index (χ0) is 11.8. The summed E-state index contributed by atoms with van der Waals surface area (Å²) in [4.78, 5) is 11.5. The molecule has 0 bridgehead atoms. The molecule has 1 aromatic rings. The van der Waals surface area contributed by atoms with Crippen LogP contribution < -0.4 is 11.1 Å². The van der Waals surface area contributed by atoms with Crippen molar-refractivity contribution >= 4 is 18.3 Å². The van der Waals surface area contributed by atoms with Gasteiger partial charge in [0.25, 0.3) is 5.91 Å². The molecule has 5 nitrogen and oxygen atoms in total. The molecule has 6 heteroatoms. The number of methoxy groups -OCH3 is 1. The summed E-state index contributed by atoms with van der Waals surface area (Å²) in [7, 11) is 1.58. The van der Waals surface area contributed by atoms with E-state index < -0.39 is 0 Å². The number of ether oxygens (including phenoxy) is 1. The lowest BCUT2D eigenvalue weighted by molar-refractivity contribution is 0.0916. The summed E-state index contributed by atoms with van der Waals surface area (Å²) in [5.41, 5.74) is 5.35. The molecule has 0 saturated carbocycles. The van der Waals surface area contributed by atoms with Crippen molar-refractivity contribution in [1.29, 1.82) is 0 Å². The zero-order valence-electron chi connectivity index (χ0n) is 9.90. The molecule has 17 heavy (non-hydrogen) atoms. The third kappa shape index (κ3) is 5.72. The molecule has 1 heterocycles. The van der Waals surface area contributed by atoms with Gasteiger partial charge in [0.1, 0.15) is 12.4 Å². The molecular formula is C11H19ClN2O3. The number of unbranched alkanes of at least 4 members (excludes halogenated alkanes) is 1. The Kier molecular flexibility index (Phi) is 8.49. The molecule has 1 aromatic heterocycles. The molecule has 0 aliphatic rings. The minimum Gasteiger partial charge on any atom is -0.453 e. The first-order valence-corrected chi connectivity index (χ1v) is 5.34. The van der Waals surface area contributed by atoms with Crippen molar-refractivity contribution in [3.8, 4) is 0 Å². The van der Waals surface area contributed by atoms with Crippen LogP contribution in [0.25, 0.3) is 0 Å². The van der Waals surface area contributed by atoms with Crippen LogP contribution >= 0.6 is 12.4 Å². The molecule has 0 saturated heterocycles. The number of carbonyl (C=O) groups excluding carboxylic acids is 1. The number of nitrogens with one attached hydrogen (secondary N) is 1. The molecule has 0 spiro atoms. The Labute approximate surface area is 107 Å². The van der Waals surface area contributed by atoms with Crippen LogP contribution in [-0.2, 0) is 11.3 Å². The van der Waals surface area contributed by atoms with Gasteiger partial charge in [-0.3, -0.25) is 4.79 Å². The first-order valence-electron chi connectivity index (χ1n) is 5.34. The topological polar surface area (TPSA) is 77.5 Å². The molecule has 3 N–H and O–H groups in total. The predicted octanol–water partition coefficient (Wildman–Crippen LogP) is 1.32. The minimum absolute atomic E-state index is 0. The second-order valence-electron chi connectivity index (χ2n) is 3.45. The maximum Gasteiger partial charge on any atom is 0.286 e. The van der Waals surface area contributed by atoms with Crippen LogP contribution in [0.1, 0.15) is 29.2 Å². The number of carbonyl (C=O) groups is 1. The van der Waals surface area contributed by atoms with Crippen LogP contribution in [0, 0.1) is 0 Å². The van der Waals surface area contributed by atoms with Crippen molar-refractivity contribution in [2.45, 2.75) is 19.4 Å². The van der Waals surface area contributed by atoms with Gasteiger partial charge in [0, 0.05) is 13.7 Å². The molecule has 0 aliphatic carbocycles. The highest BCUT2D eigenvalue weighted by atomic mass is 35.5. The van der Waals surface area contributed by atoms with Gasteiger partial charge in [0.05, 0.1) is 0 Å². The summed E-state index contributed by atoms with van der Waals surface area (Å²) in [5.74, 6) is 0.772. The molecule has 0 aliphatic heterocycles. The number of furan rings is 1. The monoisotopic (exact) mass is 262 g/mol. The summed E-state index contributed by atoms with van der Waals surface area (Å²) in [6.45, 7) is 1.64. The minimum atomic E-state index is -0.195. The van der Waals surface area contributed by atoms with Crippen molar-refractivity contribution in [1.82, 2.24) is 5.32 Å². The van der Waals surface area contributed by atoms with Crippen LogP contribution in [0.3, 0.4) is 0 Å². The van der Waals surface area contributed by atoms with E-state index in [4.69, 9.17) is 14.9 Å². The molecule has 0 unspecified atom stereocenters. The maximum atomic E-state index is 11.5. The van der Waals surface area contributed by atoms with E-state index in [0.717, 1.165) is 12.8 Å². The van der Waals surface area contributed by atoms with E-state index in [0.29, 0.717) is 31.2 Å². The van der Waals surface area contributed by atoms with Gasteiger partial charge in [-0.25, -0.2) is 0 Å². The number of amides is 1. The number of halogens is 1. The lowest BCUT2D eigenvalue weighted by atomic mass is 10.3. The highest BCUT2D eigenvalue weighted by Gasteiger charge is 2.09. The van der Waals surface area contributed by atoms with E-state index in [2.05, 4.69) is 5.32 Å². The van der Waals surface area contributed by atoms with Crippen molar-refractivity contribution in [3.05, 3.63) is 23.7 Å². The van der Waals surface area contributed by atoms with Crippen molar-refractivity contribution in [3.63, 3.8) is 0 Å². The Bertz CT molecular complexity index is 328. The van der Waals surface area contributed by atoms with Crippen molar-refractivity contribution in [2.24, 2.45) is 5.73 Å². The van der Waals surface area contributed by atoms with Gasteiger partial charge in [0.2, 0.25) is 0 Å². The van der Waals surface area contributed by atoms with Crippen molar-refractivity contribution in [2.75, 3.05) is 20.2 Å². The first kappa shape index (κ1) is 16.0. The SMILES string of the molecule is COCc1ccc(C(=O)NCCCCN)o1.Cl. The van der Waals surface area contributed by atoms with Crippen LogP contribution in [0.2, 0.25) is 0 Å². The molecule has 1 rings (SSSR count). The smallest absolute Gasteiger partial charge is 0.286 e. The first-order chi connectivity index (χ1) is 7.77. The second kappa shape index (κ2) is 9.04. The van der Waals surface area contributed by atoms with Gasteiger partial charge in [0.15, 0.2) is 5.76 Å². The Morgan fingerprint density at radius 1 is 1.47 bits per heavy atom. The lowest BCUT2D eigenvalue weighted by Crippen LogP contribution is -2.24. The van der Waals surface area contributed by atoms with E-state index >= 15 is 0 Å². The van der Waals surface area contributed by atoms with E-state index in [-0.39, 0.29) is 18.3 Å². The molecule has 1 amide bonds. The highest BCUT2D eigenvalue weighted by molar-refractivity contribution is 5.91. The highest BCUT2D eigenvalue weighted by Crippen LogP contribution is 2.08. The second-order valence-corrected chi connectivity index (χ2v) is 3.45. The van der Waals surface area contributed by atoms with Gasteiger partial charge in [-0.2, -0.15) is 0 Å². The van der Waals surface area contributed by atoms with E-state index in [1.54, 1.807) is 19.2 Å². The van der Waals surface area contributed by atoms with Crippen LogP contribution in [-0.4, -0.2) is 26.1 Å². The number of rotatable bonds is 7. The molecular weight excluding hydrogens is 244 g/mol. The summed E-state index contributed by atoms with van der Waals surface area (Å²) in [6.07, 6.45) is 1.79. The average Bonchev–Trinajstić information content (AvgIpc) is 2.73. The van der Waals surface area contributed by atoms with E-state index in [1.807, 2.05) is 0 Å². The van der Waals surface area contributed by atoms with Crippen LogP contribution in [0.4, 0.5) is 0 Å². The van der Waals surface area contributed by atoms with Gasteiger partial charge in [-0.1, -0.05) is 0 Å². The third-order valence-corrected chi connectivity index (χ3v) is 2.09. The quantitative estimate of drug-likeness (QED) is 0.727. The molecule has 0 fully saturated rings. The third-order valence-electron chi connectivity index (χ3n) is 2.09. The molecule has 0 atom stereocenters. The van der Waals surface area contributed by atoms with E-state index in [1.165, 1.54) is 0 Å². The Morgan fingerprint density at radius 2 is 2.24 bits per heavy atom. The fourth-order valence-corrected chi connectivity index (χ4v) is 1.28. The summed E-state index contributed by atoms with van der Waals surface area (Å²) >= 11 is 0. The van der Waals surface area contributed by atoms with Crippen LogP contribution in [0.5, 0.6) is 0 Å². The molecule has 98 valence electrons.